The Hall–Kier alpha value is 0.310. The minimum Gasteiger partial charge on any atom is -0.308 e. The summed E-state index contributed by atoms with van der Waals surface area (Å²) in [6, 6.07) is 0. The summed E-state index contributed by atoms with van der Waals surface area (Å²) in [5.74, 6) is 1.32. The minimum atomic E-state index is 0.568. The van der Waals surface area contributed by atoms with E-state index in [0.29, 0.717) is 10.8 Å². The Balaban J connectivity index is 0.000000561. The van der Waals surface area contributed by atoms with Crippen molar-refractivity contribution in [3.63, 3.8) is 0 Å². The Morgan fingerprint density at radius 1 is 1.33 bits per heavy atom. The van der Waals surface area contributed by atoms with Crippen LogP contribution in [-0.4, -0.2) is 18.2 Å². The molecule has 2 heteroatoms. The van der Waals surface area contributed by atoms with Gasteiger partial charge < -0.3 is 5.32 Å². The monoisotopic (exact) mass is 189 g/mol. The summed E-state index contributed by atoms with van der Waals surface area (Å²) in [4.78, 5) is 0. The van der Waals surface area contributed by atoms with E-state index < -0.39 is 0 Å². The van der Waals surface area contributed by atoms with E-state index in [1.807, 2.05) is 13.8 Å². The van der Waals surface area contributed by atoms with Crippen molar-refractivity contribution in [3.05, 3.63) is 0 Å². The predicted molar refractivity (Wildman–Crippen MR) is 59.7 cm³/mol. The van der Waals surface area contributed by atoms with Crippen molar-refractivity contribution >= 4 is 11.8 Å². The van der Waals surface area contributed by atoms with Gasteiger partial charge in [0.15, 0.2) is 0 Å². The minimum absolute atomic E-state index is 0.568. The van der Waals surface area contributed by atoms with Crippen LogP contribution >= 0.6 is 11.8 Å². The highest BCUT2D eigenvalue weighted by Crippen LogP contribution is 2.36. The molecule has 1 aliphatic rings. The van der Waals surface area contributed by atoms with E-state index in [1.165, 1.54) is 18.6 Å². The van der Waals surface area contributed by atoms with Crippen molar-refractivity contribution in [3.8, 4) is 0 Å². The van der Waals surface area contributed by atoms with E-state index in [2.05, 4.69) is 38.0 Å². The predicted octanol–water partition coefficient (Wildman–Crippen LogP) is 3.11. The summed E-state index contributed by atoms with van der Waals surface area (Å²) in [6.07, 6.45) is 2.68. The maximum absolute atomic E-state index is 3.32. The molecule has 1 nitrogen and oxygen atoms in total. The first-order chi connectivity index (χ1) is 5.64. The maximum atomic E-state index is 3.32. The van der Waals surface area contributed by atoms with Gasteiger partial charge in [-0.15, -0.1) is 11.8 Å². The largest absolute Gasteiger partial charge is 0.308 e. The van der Waals surface area contributed by atoms with Crippen molar-refractivity contribution in [2.45, 2.75) is 45.9 Å². The average Bonchev–Trinajstić information content (AvgIpc) is 2.06. The molecule has 1 N–H and O–H groups in total. The van der Waals surface area contributed by atoms with Crippen LogP contribution in [0.5, 0.6) is 0 Å². The second kappa shape index (κ2) is 5.87. The van der Waals surface area contributed by atoms with Gasteiger partial charge in [0.2, 0.25) is 0 Å². The fourth-order valence-corrected chi connectivity index (χ4v) is 3.02. The van der Waals surface area contributed by atoms with Crippen molar-refractivity contribution in [2.24, 2.45) is 5.41 Å². The Bertz CT molecular complexity index is 112. The third-order valence-electron chi connectivity index (χ3n) is 2.16. The molecule has 1 saturated heterocycles. The van der Waals surface area contributed by atoms with Crippen LogP contribution in [0.3, 0.4) is 0 Å². The van der Waals surface area contributed by atoms with Crippen LogP contribution in [0.15, 0.2) is 0 Å². The molecule has 0 spiro atoms. The van der Waals surface area contributed by atoms with Crippen LogP contribution in [0.25, 0.3) is 0 Å². The van der Waals surface area contributed by atoms with Gasteiger partial charge >= 0.3 is 0 Å². The molecule has 0 aliphatic carbocycles. The highest BCUT2D eigenvalue weighted by Gasteiger charge is 2.26. The van der Waals surface area contributed by atoms with Gasteiger partial charge in [0.05, 0.1) is 5.37 Å². The maximum Gasteiger partial charge on any atom is 0.0534 e. The number of thioether (sulfide) groups is 1. The van der Waals surface area contributed by atoms with E-state index in [9.17, 15) is 0 Å². The summed E-state index contributed by atoms with van der Waals surface area (Å²) in [5, 5.41) is 4.02. The normalized spacial score (nSPS) is 27.2. The van der Waals surface area contributed by atoms with Gasteiger partial charge in [0.25, 0.3) is 0 Å². The lowest BCUT2D eigenvalue weighted by Gasteiger charge is -2.34. The van der Waals surface area contributed by atoms with E-state index in [4.69, 9.17) is 0 Å². The number of nitrogens with one attached hydrogen (secondary N) is 1. The van der Waals surface area contributed by atoms with Gasteiger partial charge in [-0.25, -0.2) is 0 Å². The molecule has 74 valence electrons. The first kappa shape index (κ1) is 12.3. The average molecular weight is 189 g/mol. The lowest BCUT2D eigenvalue weighted by molar-refractivity contribution is 0.301. The molecule has 1 heterocycles. The molecule has 1 atom stereocenters. The van der Waals surface area contributed by atoms with Crippen LogP contribution in [0.4, 0.5) is 0 Å². The summed E-state index contributed by atoms with van der Waals surface area (Å²) < 4.78 is 0. The third-order valence-corrected chi connectivity index (χ3v) is 3.40. The lowest BCUT2D eigenvalue weighted by Crippen LogP contribution is -2.33. The number of hydrogen-bond donors (Lipinski definition) is 1. The molecule has 0 amide bonds. The van der Waals surface area contributed by atoms with Gasteiger partial charge in [0, 0.05) is 0 Å². The molecule has 0 saturated carbocycles. The van der Waals surface area contributed by atoms with Gasteiger partial charge in [-0.05, 0) is 31.1 Å². The second-order valence-corrected chi connectivity index (χ2v) is 5.08. The van der Waals surface area contributed by atoms with Crippen LogP contribution in [0.1, 0.15) is 40.5 Å². The molecule has 0 aromatic heterocycles. The Morgan fingerprint density at radius 3 is 2.25 bits per heavy atom. The molecule has 0 aromatic carbocycles. The van der Waals surface area contributed by atoms with Crippen molar-refractivity contribution < 1.29 is 0 Å². The van der Waals surface area contributed by atoms with E-state index >= 15 is 0 Å². The summed E-state index contributed by atoms with van der Waals surface area (Å²) >= 11 is 2.05. The topological polar surface area (TPSA) is 12.0 Å². The highest BCUT2D eigenvalue weighted by molar-refractivity contribution is 7.99. The second-order valence-electron chi connectivity index (χ2n) is 3.77. The standard InChI is InChI=1S/C8H17NS.C2H6/c1-8(2)4-5-10-7(6-8)9-3;1-2/h7,9H,4-6H2,1-3H3;1-2H3. The quantitative estimate of drug-likeness (QED) is 0.680. The first-order valence-corrected chi connectivity index (χ1v) is 5.98. The molecule has 1 fully saturated rings. The fourth-order valence-electron chi connectivity index (χ4n) is 1.33. The smallest absolute Gasteiger partial charge is 0.0534 e. The molecule has 12 heavy (non-hydrogen) atoms. The van der Waals surface area contributed by atoms with Gasteiger partial charge in [-0.1, -0.05) is 27.7 Å². The van der Waals surface area contributed by atoms with E-state index in [0.717, 1.165) is 0 Å². The highest BCUT2D eigenvalue weighted by atomic mass is 32.2. The molecule has 1 unspecified atom stereocenters. The molecule has 0 radical (unpaired) electrons. The van der Waals surface area contributed by atoms with Gasteiger partial charge in [0.1, 0.15) is 0 Å². The van der Waals surface area contributed by atoms with Gasteiger partial charge in [-0.2, -0.15) is 0 Å². The van der Waals surface area contributed by atoms with E-state index in [-0.39, 0.29) is 0 Å². The summed E-state index contributed by atoms with van der Waals surface area (Å²) in [6.45, 7) is 8.72. The zero-order valence-electron chi connectivity index (χ0n) is 9.11. The SMILES string of the molecule is CC.CNC1CC(C)(C)CCS1. The zero-order chi connectivity index (χ0) is 9.61. The summed E-state index contributed by atoms with van der Waals surface area (Å²) in [5.41, 5.74) is 0.568. The number of rotatable bonds is 1. The number of hydrogen-bond acceptors (Lipinski definition) is 2. The van der Waals surface area contributed by atoms with Crippen molar-refractivity contribution in [2.75, 3.05) is 12.8 Å². The molecular formula is C10H23NS. The van der Waals surface area contributed by atoms with Gasteiger partial charge in [-0.3, -0.25) is 0 Å². The van der Waals surface area contributed by atoms with Crippen molar-refractivity contribution in [1.29, 1.82) is 0 Å². The van der Waals surface area contributed by atoms with Crippen LogP contribution in [-0.2, 0) is 0 Å². The molecule has 0 aromatic rings. The van der Waals surface area contributed by atoms with Crippen LogP contribution in [0, 0.1) is 5.41 Å². The molecular weight excluding hydrogens is 166 g/mol. The molecule has 0 bridgehead atoms. The Kier molecular flexibility index (Phi) is 6.02. The first-order valence-electron chi connectivity index (χ1n) is 4.93. The summed E-state index contributed by atoms with van der Waals surface area (Å²) in [7, 11) is 2.05. The fraction of sp³-hybridized carbons (Fsp3) is 1.00. The van der Waals surface area contributed by atoms with Crippen LogP contribution < -0.4 is 5.32 Å². The molecule has 1 aliphatic heterocycles. The Morgan fingerprint density at radius 2 is 1.92 bits per heavy atom. The third kappa shape index (κ3) is 4.36. The lowest BCUT2D eigenvalue weighted by atomic mass is 9.86. The van der Waals surface area contributed by atoms with E-state index in [1.54, 1.807) is 0 Å². The Labute approximate surface area is 81.7 Å². The molecule has 1 rings (SSSR count). The van der Waals surface area contributed by atoms with Crippen molar-refractivity contribution in [1.82, 2.24) is 5.32 Å². The van der Waals surface area contributed by atoms with Crippen LogP contribution in [0.2, 0.25) is 0 Å². The zero-order valence-corrected chi connectivity index (χ0v) is 9.92.